The lowest BCUT2D eigenvalue weighted by atomic mass is 10.2. The fraction of sp³-hybridized carbons (Fsp3) is 0.286. The molecule has 0 fully saturated rings. The Kier molecular flexibility index (Phi) is 8.41. The average molecular weight is 579 g/mol. The van der Waals surface area contributed by atoms with Gasteiger partial charge in [0, 0.05) is 42.3 Å². The molecule has 11 heteroatoms. The van der Waals surface area contributed by atoms with Crippen LogP contribution in [-0.2, 0) is 19.3 Å². The minimum Gasteiger partial charge on any atom is -0.450 e. The normalized spacial score (nSPS) is 14.9. The van der Waals surface area contributed by atoms with E-state index in [-0.39, 0.29) is 23.7 Å². The highest BCUT2D eigenvalue weighted by atomic mass is 32.2. The minimum absolute atomic E-state index is 0.0907. The number of alkyl halides is 3. The third-order valence-electron chi connectivity index (χ3n) is 6.12. The van der Waals surface area contributed by atoms with Crippen molar-refractivity contribution >= 4 is 39.9 Å². The van der Waals surface area contributed by atoms with E-state index >= 15 is 0 Å². The van der Waals surface area contributed by atoms with E-state index in [4.69, 9.17) is 4.42 Å². The number of benzene rings is 1. The van der Waals surface area contributed by atoms with Crippen LogP contribution in [0.25, 0.3) is 11.1 Å². The summed E-state index contributed by atoms with van der Waals surface area (Å²) < 4.78 is 62.7. The summed E-state index contributed by atoms with van der Waals surface area (Å²) in [4.78, 5) is 16.1. The second-order valence-electron chi connectivity index (χ2n) is 8.47. The van der Waals surface area contributed by atoms with Crippen molar-refractivity contribution < 1.29 is 26.5 Å². The molecule has 0 unspecified atom stereocenters. The monoisotopic (exact) mass is 578 g/mol. The first-order chi connectivity index (χ1) is 18.6. The Morgan fingerprint density at radius 1 is 1.10 bits per heavy atom. The summed E-state index contributed by atoms with van der Waals surface area (Å²) in [5.74, 6) is -1.17. The Balaban J connectivity index is 0.00000172. The van der Waals surface area contributed by atoms with Crippen molar-refractivity contribution in [3.63, 3.8) is 0 Å². The van der Waals surface area contributed by atoms with Gasteiger partial charge in [-0.05, 0) is 44.2 Å². The molecule has 0 spiro atoms. The van der Waals surface area contributed by atoms with Crippen LogP contribution in [0.2, 0.25) is 0 Å². The zero-order valence-corrected chi connectivity index (χ0v) is 23.7. The topological polar surface area (TPSA) is 42.3 Å². The van der Waals surface area contributed by atoms with Gasteiger partial charge in [0.25, 0.3) is 5.56 Å². The number of furan rings is 1. The highest BCUT2D eigenvalue weighted by molar-refractivity contribution is 8.08. The van der Waals surface area contributed by atoms with Gasteiger partial charge >= 0.3 is 6.18 Å². The molecule has 0 saturated carbocycles. The standard InChI is InChI=1S/C26H22F4N3O2S2.C2H6/c1-4-33-21(13-16-7-5-6-12-32(16)14-17-8-11-20(35-17)26(28,29)30)36-23(24(33)34)25-31(3)19-10-9-18(27)15(2)22(19)37-25;1-2/h5-13H,4,14H2,1-3H3;1-2H3/q+1;/b25-23+;. The second kappa shape index (κ2) is 11.4. The van der Waals surface area contributed by atoms with Crippen LogP contribution in [0.1, 0.15) is 43.5 Å². The number of hydrogen-bond donors (Lipinski definition) is 0. The zero-order chi connectivity index (χ0) is 28.5. The summed E-state index contributed by atoms with van der Waals surface area (Å²) in [6.07, 6.45) is -0.967. The average Bonchev–Trinajstić information content (AvgIpc) is 3.60. The first-order valence-electron chi connectivity index (χ1n) is 12.4. The predicted molar refractivity (Wildman–Crippen MR) is 147 cm³/mol. The van der Waals surface area contributed by atoms with Gasteiger partial charge in [-0.3, -0.25) is 9.36 Å². The molecular formula is C28H28F4N3O2S2+. The van der Waals surface area contributed by atoms with Gasteiger partial charge < -0.3 is 9.32 Å². The van der Waals surface area contributed by atoms with E-state index in [2.05, 4.69) is 0 Å². The van der Waals surface area contributed by atoms with E-state index in [1.54, 1.807) is 34.4 Å². The maximum atomic E-state index is 14.2. The first kappa shape index (κ1) is 28.7. The largest absolute Gasteiger partial charge is 0.450 e. The molecule has 0 bridgehead atoms. The molecule has 4 heterocycles. The van der Waals surface area contributed by atoms with Crippen LogP contribution in [0.5, 0.6) is 0 Å². The SMILES string of the molecule is CC.CCn1c(=O)/c(=C2\Sc3c(ccc(F)c3C)N2C)s/c1=C\c1cccc[n+]1Cc1ccc(C(F)(F)F)o1. The second-order valence-corrected chi connectivity index (χ2v) is 10.5. The van der Waals surface area contributed by atoms with E-state index in [0.717, 1.165) is 21.7 Å². The Labute approximate surface area is 231 Å². The Morgan fingerprint density at radius 3 is 2.51 bits per heavy atom. The Morgan fingerprint density at radius 2 is 1.85 bits per heavy atom. The van der Waals surface area contributed by atoms with Crippen LogP contribution in [0.3, 0.4) is 0 Å². The van der Waals surface area contributed by atoms with Crippen LogP contribution < -0.4 is 24.2 Å². The molecule has 4 aromatic rings. The van der Waals surface area contributed by atoms with Gasteiger partial charge in [-0.25, -0.2) is 4.39 Å². The van der Waals surface area contributed by atoms with Gasteiger partial charge in [-0.1, -0.05) is 25.6 Å². The maximum absolute atomic E-state index is 14.2. The van der Waals surface area contributed by atoms with Gasteiger partial charge in [-0.2, -0.15) is 17.7 Å². The number of nitrogens with zero attached hydrogens (tertiary/aromatic N) is 3. The van der Waals surface area contributed by atoms with Gasteiger partial charge in [0.2, 0.25) is 18.0 Å². The van der Waals surface area contributed by atoms with E-state index in [9.17, 15) is 22.4 Å². The summed E-state index contributed by atoms with van der Waals surface area (Å²) in [5.41, 5.74) is 1.93. The van der Waals surface area contributed by atoms with Crippen LogP contribution in [0.4, 0.5) is 23.2 Å². The van der Waals surface area contributed by atoms with E-state index in [1.165, 1.54) is 35.2 Å². The number of pyridine rings is 1. The van der Waals surface area contributed by atoms with Crippen LogP contribution >= 0.6 is 23.1 Å². The van der Waals surface area contributed by atoms with Crippen molar-refractivity contribution in [3.8, 4) is 0 Å². The van der Waals surface area contributed by atoms with Crippen molar-refractivity contribution in [2.45, 2.75) is 51.9 Å². The number of anilines is 1. The molecule has 1 aromatic carbocycles. The first-order valence-corrected chi connectivity index (χ1v) is 14.0. The van der Waals surface area contributed by atoms with Gasteiger partial charge in [0.05, 0.1) is 5.69 Å². The number of aromatic nitrogens is 2. The molecule has 0 atom stereocenters. The van der Waals surface area contributed by atoms with Crippen LogP contribution in [-0.4, -0.2) is 11.6 Å². The lowest BCUT2D eigenvalue weighted by molar-refractivity contribution is -0.691. The van der Waals surface area contributed by atoms with E-state index in [1.807, 2.05) is 50.9 Å². The number of fused-ring (bicyclic) bond motifs is 1. The lowest BCUT2D eigenvalue weighted by Gasteiger charge is -2.12. The molecule has 39 heavy (non-hydrogen) atoms. The Hall–Kier alpha value is -3.31. The molecule has 0 saturated heterocycles. The fourth-order valence-electron chi connectivity index (χ4n) is 4.16. The summed E-state index contributed by atoms with van der Waals surface area (Å²) in [7, 11) is 1.86. The van der Waals surface area contributed by atoms with E-state index in [0.29, 0.717) is 27.0 Å². The summed E-state index contributed by atoms with van der Waals surface area (Å²) in [6, 6.07) is 10.8. The number of rotatable bonds is 4. The summed E-state index contributed by atoms with van der Waals surface area (Å²) >= 11 is 2.70. The Bertz CT molecular complexity index is 1690. The lowest BCUT2D eigenvalue weighted by Crippen LogP contribution is -2.38. The molecule has 3 aromatic heterocycles. The van der Waals surface area contributed by atoms with Crippen molar-refractivity contribution in [1.29, 1.82) is 0 Å². The molecule has 1 aliphatic heterocycles. The molecule has 0 aliphatic carbocycles. The molecule has 0 amide bonds. The smallest absolute Gasteiger partial charge is 0.449 e. The summed E-state index contributed by atoms with van der Waals surface area (Å²) in [5, 5.41) is 0.733. The predicted octanol–water partition coefficient (Wildman–Crippen LogP) is 5.49. The zero-order valence-electron chi connectivity index (χ0n) is 22.1. The number of thiazole rings is 1. The highest BCUT2D eigenvalue weighted by Crippen LogP contribution is 2.47. The number of hydrogen-bond acceptors (Lipinski definition) is 5. The number of halogens is 4. The fourth-order valence-corrected chi connectivity index (χ4v) is 6.71. The third-order valence-corrected chi connectivity index (χ3v) is 8.76. The van der Waals surface area contributed by atoms with Crippen molar-refractivity contribution in [3.05, 3.63) is 96.8 Å². The van der Waals surface area contributed by atoms with Gasteiger partial charge in [-0.15, -0.1) is 11.3 Å². The van der Waals surface area contributed by atoms with Crippen molar-refractivity contribution in [2.24, 2.45) is 0 Å². The highest BCUT2D eigenvalue weighted by Gasteiger charge is 2.35. The van der Waals surface area contributed by atoms with Crippen molar-refractivity contribution in [1.82, 2.24) is 4.57 Å². The molecule has 0 radical (unpaired) electrons. The molecule has 5 nitrogen and oxygen atoms in total. The van der Waals surface area contributed by atoms with Crippen molar-refractivity contribution in [2.75, 3.05) is 11.9 Å². The maximum Gasteiger partial charge on any atom is 0.449 e. The molecule has 5 rings (SSSR count). The van der Waals surface area contributed by atoms with Gasteiger partial charge in [0.1, 0.15) is 20.0 Å². The minimum atomic E-state index is -4.55. The quantitative estimate of drug-likeness (QED) is 0.237. The van der Waals surface area contributed by atoms with E-state index < -0.39 is 11.9 Å². The van der Waals surface area contributed by atoms with Crippen LogP contribution in [0, 0.1) is 12.7 Å². The molecule has 0 N–H and O–H groups in total. The molecular weight excluding hydrogens is 550 g/mol. The summed E-state index contributed by atoms with van der Waals surface area (Å²) in [6.45, 7) is 8.12. The third kappa shape index (κ3) is 5.56. The molecule has 206 valence electrons. The van der Waals surface area contributed by atoms with Crippen LogP contribution in [0.15, 0.2) is 62.8 Å². The molecule has 1 aliphatic rings. The van der Waals surface area contributed by atoms with Gasteiger partial charge in [0.15, 0.2) is 12.0 Å². The number of thioether (sulfide) groups is 1.